The average molecular weight is 241 g/mol. The Labute approximate surface area is 104 Å². The van der Waals surface area contributed by atoms with Gasteiger partial charge in [-0.15, -0.1) is 0 Å². The van der Waals surface area contributed by atoms with Crippen LogP contribution < -0.4 is 4.74 Å². The highest BCUT2D eigenvalue weighted by Crippen LogP contribution is 2.36. The summed E-state index contributed by atoms with van der Waals surface area (Å²) < 4.78 is 5.77. The molecule has 0 saturated heterocycles. The number of phenols is 1. The summed E-state index contributed by atoms with van der Waals surface area (Å²) in [6, 6.07) is 8.27. The SMILES string of the molecule is O=C1C[C@H](c2cccnc2)Oc2ccc(O)cc21. The fourth-order valence-corrected chi connectivity index (χ4v) is 2.06. The molecule has 0 unspecified atom stereocenters. The second-order valence-electron chi connectivity index (χ2n) is 4.20. The summed E-state index contributed by atoms with van der Waals surface area (Å²) in [4.78, 5) is 16.0. The van der Waals surface area contributed by atoms with Crippen LogP contribution >= 0.6 is 0 Å². The number of ether oxygens (including phenoxy) is 1. The van der Waals surface area contributed by atoms with Gasteiger partial charge in [0, 0.05) is 18.0 Å². The van der Waals surface area contributed by atoms with Gasteiger partial charge in [-0.2, -0.15) is 0 Å². The van der Waals surface area contributed by atoms with Gasteiger partial charge in [0.15, 0.2) is 5.78 Å². The number of aromatic hydroxyl groups is 1. The molecule has 1 N–H and O–H groups in total. The fraction of sp³-hybridized carbons (Fsp3) is 0.143. The van der Waals surface area contributed by atoms with E-state index < -0.39 is 0 Å². The highest BCUT2D eigenvalue weighted by molar-refractivity contribution is 6.00. The van der Waals surface area contributed by atoms with Crippen molar-refractivity contribution in [1.82, 2.24) is 4.98 Å². The van der Waals surface area contributed by atoms with Crippen LogP contribution in [0, 0.1) is 0 Å². The van der Waals surface area contributed by atoms with E-state index in [-0.39, 0.29) is 24.1 Å². The topological polar surface area (TPSA) is 59.4 Å². The second kappa shape index (κ2) is 4.14. The summed E-state index contributed by atoms with van der Waals surface area (Å²) in [5.41, 5.74) is 1.32. The Morgan fingerprint density at radius 2 is 2.22 bits per heavy atom. The molecule has 0 amide bonds. The molecule has 2 aromatic rings. The Morgan fingerprint density at radius 3 is 3.00 bits per heavy atom. The number of rotatable bonds is 1. The van der Waals surface area contributed by atoms with Gasteiger partial charge in [0.25, 0.3) is 0 Å². The molecule has 0 spiro atoms. The van der Waals surface area contributed by atoms with Crippen LogP contribution in [0.1, 0.15) is 28.4 Å². The number of nitrogens with zero attached hydrogens (tertiary/aromatic N) is 1. The van der Waals surface area contributed by atoms with Crippen LogP contribution in [0.2, 0.25) is 0 Å². The number of aromatic nitrogens is 1. The predicted molar refractivity (Wildman–Crippen MR) is 64.7 cm³/mol. The number of phenolic OH excluding ortho intramolecular Hbond substituents is 1. The minimum atomic E-state index is -0.303. The first-order chi connectivity index (χ1) is 8.74. The van der Waals surface area contributed by atoms with E-state index in [1.807, 2.05) is 12.1 Å². The molecule has 2 heterocycles. The van der Waals surface area contributed by atoms with Crippen LogP contribution in [0.15, 0.2) is 42.7 Å². The van der Waals surface area contributed by atoms with Gasteiger partial charge in [-0.3, -0.25) is 9.78 Å². The molecule has 1 aromatic heterocycles. The van der Waals surface area contributed by atoms with E-state index in [0.717, 1.165) is 5.56 Å². The Bertz CT molecular complexity index is 595. The van der Waals surface area contributed by atoms with E-state index in [1.165, 1.54) is 12.1 Å². The predicted octanol–water partition coefficient (Wildman–Crippen LogP) is 2.49. The molecular formula is C14H11NO3. The molecule has 1 aliphatic rings. The van der Waals surface area contributed by atoms with Crippen molar-refractivity contribution in [2.24, 2.45) is 0 Å². The number of hydrogen-bond donors (Lipinski definition) is 1. The van der Waals surface area contributed by atoms with E-state index in [0.29, 0.717) is 11.3 Å². The Kier molecular flexibility index (Phi) is 2.48. The first kappa shape index (κ1) is 10.8. The third-order valence-corrected chi connectivity index (χ3v) is 2.96. The minimum absolute atomic E-state index is 0.0268. The quantitative estimate of drug-likeness (QED) is 0.833. The lowest BCUT2D eigenvalue weighted by Gasteiger charge is -2.25. The van der Waals surface area contributed by atoms with Crippen molar-refractivity contribution < 1.29 is 14.6 Å². The van der Waals surface area contributed by atoms with Crippen molar-refractivity contribution >= 4 is 5.78 Å². The summed E-state index contributed by atoms with van der Waals surface area (Å²) in [5, 5.41) is 9.37. The molecule has 0 saturated carbocycles. The lowest BCUT2D eigenvalue weighted by Crippen LogP contribution is -2.20. The molecule has 3 rings (SSSR count). The number of fused-ring (bicyclic) bond motifs is 1. The molecule has 1 atom stereocenters. The third-order valence-electron chi connectivity index (χ3n) is 2.96. The summed E-state index contributed by atoms with van der Waals surface area (Å²) in [6.45, 7) is 0. The molecule has 18 heavy (non-hydrogen) atoms. The number of benzene rings is 1. The molecule has 0 bridgehead atoms. The maximum Gasteiger partial charge on any atom is 0.170 e. The van der Waals surface area contributed by atoms with Crippen LogP contribution in [-0.4, -0.2) is 15.9 Å². The van der Waals surface area contributed by atoms with E-state index >= 15 is 0 Å². The lowest BCUT2D eigenvalue weighted by molar-refractivity contribution is 0.0849. The zero-order valence-electron chi connectivity index (χ0n) is 9.54. The monoisotopic (exact) mass is 241 g/mol. The first-order valence-electron chi connectivity index (χ1n) is 5.67. The smallest absolute Gasteiger partial charge is 0.170 e. The van der Waals surface area contributed by atoms with Gasteiger partial charge in [-0.25, -0.2) is 0 Å². The minimum Gasteiger partial charge on any atom is -0.508 e. The summed E-state index contributed by atoms with van der Waals surface area (Å²) in [5.74, 6) is 0.560. The molecule has 0 aliphatic carbocycles. The maximum atomic E-state index is 12.0. The second-order valence-corrected chi connectivity index (χ2v) is 4.20. The number of hydrogen-bond acceptors (Lipinski definition) is 4. The molecule has 0 fully saturated rings. The summed E-state index contributed by atoms with van der Waals surface area (Å²) in [7, 11) is 0. The van der Waals surface area contributed by atoms with Gasteiger partial charge in [-0.1, -0.05) is 6.07 Å². The molecule has 4 nitrogen and oxygen atoms in total. The van der Waals surface area contributed by atoms with E-state index in [4.69, 9.17) is 4.74 Å². The Morgan fingerprint density at radius 1 is 1.33 bits per heavy atom. The van der Waals surface area contributed by atoms with Gasteiger partial charge in [0.2, 0.25) is 0 Å². The van der Waals surface area contributed by atoms with Crippen molar-refractivity contribution in [3.63, 3.8) is 0 Å². The van der Waals surface area contributed by atoms with E-state index in [9.17, 15) is 9.90 Å². The van der Waals surface area contributed by atoms with Gasteiger partial charge in [0.05, 0.1) is 12.0 Å². The lowest BCUT2D eigenvalue weighted by atomic mass is 9.97. The van der Waals surface area contributed by atoms with E-state index in [1.54, 1.807) is 18.5 Å². The van der Waals surface area contributed by atoms with Crippen molar-refractivity contribution in [3.05, 3.63) is 53.9 Å². The number of carbonyl (C=O) groups is 1. The first-order valence-corrected chi connectivity index (χ1v) is 5.67. The van der Waals surface area contributed by atoms with Crippen LogP contribution in [0.4, 0.5) is 0 Å². The number of ketones is 1. The number of carbonyl (C=O) groups excluding carboxylic acids is 1. The van der Waals surface area contributed by atoms with Crippen molar-refractivity contribution in [2.75, 3.05) is 0 Å². The third kappa shape index (κ3) is 1.82. The van der Waals surface area contributed by atoms with Crippen molar-refractivity contribution in [3.8, 4) is 11.5 Å². The normalized spacial score (nSPS) is 18.0. The molecule has 90 valence electrons. The standard InChI is InChI=1S/C14H11NO3/c16-10-3-4-13-11(6-10)12(17)7-14(18-13)9-2-1-5-15-8-9/h1-6,8,14,16H,7H2/t14-/m1/s1. The van der Waals surface area contributed by atoms with Crippen molar-refractivity contribution in [2.45, 2.75) is 12.5 Å². The summed E-state index contributed by atoms with van der Waals surface area (Å²) >= 11 is 0. The largest absolute Gasteiger partial charge is 0.508 e. The highest BCUT2D eigenvalue weighted by atomic mass is 16.5. The van der Waals surface area contributed by atoms with Crippen LogP contribution in [0.3, 0.4) is 0 Å². The zero-order valence-corrected chi connectivity index (χ0v) is 9.54. The Balaban J connectivity index is 1.97. The van der Waals surface area contributed by atoms with Gasteiger partial charge in [-0.05, 0) is 24.3 Å². The fourth-order valence-electron chi connectivity index (χ4n) is 2.06. The number of pyridine rings is 1. The molecule has 0 radical (unpaired) electrons. The van der Waals surface area contributed by atoms with Crippen LogP contribution in [0.5, 0.6) is 11.5 Å². The van der Waals surface area contributed by atoms with Crippen molar-refractivity contribution in [1.29, 1.82) is 0 Å². The number of Topliss-reactive ketones (excluding diaryl/α,β-unsaturated/α-hetero) is 1. The highest BCUT2D eigenvalue weighted by Gasteiger charge is 2.27. The van der Waals surface area contributed by atoms with Crippen LogP contribution in [0.25, 0.3) is 0 Å². The van der Waals surface area contributed by atoms with Crippen LogP contribution in [-0.2, 0) is 0 Å². The van der Waals surface area contributed by atoms with Gasteiger partial charge < -0.3 is 9.84 Å². The van der Waals surface area contributed by atoms with Gasteiger partial charge in [0.1, 0.15) is 17.6 Å². The molecule has 1 aromatic carbocycles. The molecule has 4 heteroatoms. The van der Waals surface area contributed by atoms with Gasteiger partial charge >= 0.3 is 0 Å². The maximum absolute atomic E-state index is 12.0. The molecule has 1 aliphatic heterocycles. The zero-order chi connectivity index (χ0) is 12.5. The summed E-state index contributed by atoms with van der Waals surface area (Å²) in [6.07, 6.45) is 3.34. The average Bonchev–Trinajstić information content (AvgIpc) is 2.40. The Hall–Kier alpha value is -2.36. The molecular weight excluding hydrogens is 230 g/mol. The van der Waals surface area contributed by atoms with E-state index in [2.05, 4.69) is 4.98 Å².